The lowest BCUT2D eigenvalue weighted by molar-refractivity contribution is -0.160. The zero-order valence-electron chi connectivity index (χ0n) is 12.5. The summed E-state index contributed by atoms with van der Waals surface area (Å²) in [4.78, 5) is 24.8. The molecule has 120 valence electrons. The minimum Gasteiger partial charge on any atom is -0.479 e. The zero-order valence-corrected chi connectivity index (χ0v) is 12.5. The van der Waals surface area contributed by atoms with E-state index in [1.807, 2.05) is 0 Å². The second-order valence-electron chi connectivity index (χ2n) is 5.51. The standard InChI is InChI=1S/C16H20FNO4/c1-11(6-7-12-4-2-3-5-13(12)17)15(19)18-8-9-22-14(10-18)16(20)21/h2-5,11,14H,6-10H2,1H3,(H,20,21). The first-order chi connectivity index (χ1) is 10.5. The molecule has 1 heterocycles. The topological polar surface area (TPSA) is 66.8 Å². The predicted octanol–water partition coefficient (Wildman–Crippen LogP) is 1.71. The quantitative estimate of drug-likeness (QED) is 0.899. The lowest BCUT2D eigenvalue weighted by Crippen LogP contribution is -2.50. The maximum absolute atomic E-state index is 13.6. The SMILES string of the molecule is CC(CCc1ccccc1F)C(=O)N1CCOC(C(=O)O)C1. The predicted molar refractivity (Wildman–Crippen MR) is 77.8 cm³/mol. The summed E-state index contributed by atoms with van der Waals surface area (Å²) in [5, 5.41) is 8.95. The monoisotopic (exact) mass is 309 g/mol. The molecule has 0 aromatic heterocycles. The molecule has 0 spiro atoms. The fourth-order valence-corrected chi connectivity index (χ4v) is 2.51. The van der Waals surface area contributed by atoms with Crippen LogP contribution in [0.4, 0.5) is 4.39 Å². The van der Waals surface area contributed by atoms with Gasteiger partial charge in [-0.05, 0) is 24.5 Å². The number of hydrogen-bond donors (Lipinski definition) is 1. The summed E-state index contributed by atoms with van der Waals surface area (Å²) in [5.74, 6) is -1.71. The van der Waals surface area contributed by atoms with E-state index in [1.165, 1.54) is 11.0 Å². The van der Waals surface area contributed by atoms with Gasteiger partial charge in [-0.1, -0.05) is 25.1 Å². The molecule has 0 radical (unpaired) electrons. The molecule has 1 aliphatic rings. The van der Waals surface area contributed by atoms with Crippen LogP contribution in [0, 0.1) is 11.7 Å². The summed E-state index contributed by atoms with van der Waals surface area (Å²) in [6.45, 7) is 2.47. The minimum atomic E-state index is -1.06. The molecule has 0 saturated carbocycles. The number of aliphatic carboxylic acids is 1. The van der Waals surface area contributed by atoms with Crippen molar-refractivity contribution in [2.24, 2.45) is 5.92 Å². The number of rotatable bonds is 5. The van der Waals surface area contributed by atoms with Crippen LogP contribution in [-0.2, 0) is 20.7 Å². The number of carboxylic acids is 1. The van der Waals surface area contributed by atoms with Crippen molar-refractivity contribution in [3.8, 4) is 0 Å². The van der Waals surface area contributed by atoms with Crippen LogP contribution in [0.15, 0.2) is 24.3 Å². The van der Waals surface area contributed by atoms with Crippen molar-refractivity contribution < 1.29 is 23.8 Å². The van der Waals surface area contributed by atoms with E-state index in [9.17, 15) is 14.0 Å². The van der Waals surface area contributed by atoms with Crippen LogP contribution in [0.25, 0.3) is 0 Å². The van der Waals surface area contributed by atoms with Crippen molar-refractivity contribution in [1.29, 1.82) is 0 Å². The smallest absolute Gasteiger partial charge is 0.334 e. The third kappa shape index (κ3) is 4.04. The molecule has 2 rings (SSSR count). The lowest BCUT2D eigenvalue weighted by atomic mass is 9.99. The molecule has 1 fully saturated rings. The number of amides is 1. The van der Waals surface area contributed by atoms with E-state index >= 15 is 0 Å². The van der Waals surface area contributed by atoms with E-state index in [2.05, 4.69) is 0 Å². The van der Waals surface area contributed by atoms with Gasteiger partial charge in [-0.2, -0.15) is 0 Å². The van der Waals surface area contributed by atoms with Gasteiger partial charge in [0.05, 0.1) is 13.2 Å². The molecule has 1 aromatic rings. The average molecular weight is 309 g/mol. The molecule has 0 bridgehead atoms. The van der Waals surface area contributed by atoms with Gasteiger partial charge in [0.1, 0.15) is 5.82 Å². The van der Waals surface area contributed by atoms with Crippen molar-refractivity contribution >= 4 is 11.9 Å². The maximum Gasteiger partial charge on any atom is 0.334 e. The number of halogens is 1. The second kappa shape index (κ2) is 7.35. The highest BCUT2D eigenvalue weighted by molar-refractivity contribution is 5.80. The van der Waals surface area contributed by atoms with Gasteiger partial charge in [0, 0.05) is 12.5 Å². The molecule has 1 amide bonds. The molecule has 2 atom stereocenters. The zero-order chi connectivity index (χ0) is 16.1. The van der Waals surface area contributed by atoms with Crippen LogP contribution in [0.1, 0.15) is 18.9 Å². The Morgan fingerprint density at radius 3 is 2.86 bits per heavy atom. The Balaban J connectivity index is 1.89. The molecule has 1 saturated heterocycles. The summed E-state index contributed by atoms with van der Waals surface area (Å²) in [5.41, 5.74) is 0.590. The van der Waals surface area contributed by atoms with Crippen molar-refractivity contribution in [1.82, 2.24) is 4.90 Å². The van der Waals surface area contributed by atoms with E-state index < -0.39 is 12.1 Å². The van der Waals surface area contributed by atoms with Gasteiger partial charge in [0.15, 0.2) is 6.10 Å². The van der Waals surface area contributed by atoms with Gasteiger partial charge in [-0.3, -0.25) is 4.79 Å². The van der Waals surface area contributed by atoms with Crippen molar-refractivity contribution in [3.05, 3.63) is 35.6 Å². The first kappa shape index (κ1) is 16.4. The van der Waals surface area contributed by atoms with Gasteiger partial charge in [-0.25, -0.2) is 9.18 Å². The van der Waals surface area contributed by atoms with Crippen molar-refractivity contribution in [2.45, 2.75) is 25.9 Å². The van der Waals surface area contributed by atoms with Gasteiger partial charge in [0.25, 0.3) is 0 Å². The summed E-state index contributed by atoms with van der Waals surface area (Å²) in [7, 11) is 0. The number of carbonyl (C=O) groups excluding carboxylic acids is 1. The fourth-order valence-electron chi connectivity index (χ4n) is 2.51. The first-order valence-electron chi connectivity index (χ1n) is 7.35. The van der Waals surface area contributed by atoms with E-state index in [0.29, 0.717) is 24.9 Å². The largest absolute Gasteiger partial charge is 0.479 e. The van der Waals surface area contributed by atoms with Crippen LogP contribution in [-0.4, -0.2) is 47.7 Å². The van der Waals surface area contributed by atoms with E-state index in [4.69, 9.17) is 9.84 Å². The summed E-state index contributed by atoms with van der Waals surface area (Å²) < 4.78 is 18.7. The first-order valence-corrected chi connectivity index (χ1v) is 7.35. The minimum absolute atomic E-state index is 0.0677. The van der Waals surface area contributed by atoms with Gasteiger partial charge < -0.3 is 14.7 Å². The van der Waals surface area contributed by atoms with E-state index in [1.54, 1.807) is 25.1 Å². The Kier molecular flexibility index (Phi) is 5.49. The molecule has 1 N–H and O–H groups in total. The number of benzene rings is 1. The van der Waals surface area contributed by atoms with Crippen molar-refractivity contribution in [2.75, 3.05) is 19.7 Å². The molecular formula is C16H20FNO4. The Hall–Kier alpha value is -1.95. The summed E-state index contributed by atoms with van der Waals surface area (Å²) in [6, 6.07) is 6.51. The van der Waals surface area contributed by atoms with Crippen molar-refractivity contribution in [3.63, 3.8) is 0 Å². The number of carbonyl (C=O) groups is 2. The van der Waals surface area contributed by atoms with Crippen LogP contribution in [0.5, 0.6) is 0 Å². The molecule has 6 heteroatoms. The molecule has 1 aliphatic heterocycles. The van der Waals surface area contributed by atoms with E-state index in [0.717, 1.165) is 0 Å². The van der Waals surface area contributed by atoms with Crippen LogP contribution >= 0.6 is 0 Å². The molecule has 0 aliphatic carbocycles. The third-order valence-electron chi connectivity index (χ3n) is 3.88. The van der Waals surface area contributed by atoms with Gasteiger partial charge in [-0.15, -0.1) is 0 Å². The lowest BCUT2D eigenvalue weighted by Gasteiger charge is -2.32. The van der Waals surface area contributed by atoms with Crippen LogP contribution in [0.3, 0.4) is 0 Å². The number of hydrogen-bond acceptors (Lipinski definition) is 3. The number of aryl methyl sites for hydroxylation is 1. The highest BCUT2D eigenvalue weighted by Gasteiger charge is 2.30. The van der Waals surface area contributed by atoms with Crippen LogP contribution in [0.2, 0.25) is 0 Å². The summed E-state index contributed by atoms with van der Waals surface area (Å²) >= 11 is 0. The Bertz CT molecular complexity index is 549. The highest BCUT2D eigenvalue weighted by atomic mass is 19.1. The number of ether oxygens (including phenoxy) is 1. The maximum atomic E-state index is 13.6. The van der Waals surface area contributed by atoms with Gasteiger partial charge >= 0.3 is 5.97 Å². The molecular weight excluding hydrogens is 289 g/mol. The normalized spacial score (nSPS) is 19.7. The fraction of sp³-hybridized carbons (Fsp3) is 0.500. The molecule has 1 aromatic carbocycles. The Morgan fingerprint density at radius 2 is 2.18 bits per heavy atom. The third-order valence-corrected chi connectivity index (χ3v) is 3.88. The summed E-state index contributed by atoms with van der Waals surface area (Å²) in [6.07, 6.45) is 0.0395. The van der Waals surface area contributed by atoms with Gasteiger partial charge in [0.2, 0.25) is 5.91 Å². The average Bonchev–Trinajstić information content (AvgIpc) is 2.53. The van der Waals surface area contributed by atoms with Crippen LogP contribution < -0.4 is 0 Å². The Morgan fingerprint density at radius 1 is 1.45 bits per heavy atom. The number of morpholine rings is 1. The molecule has 5 nitrogen and oxygen atoms in total. The molecule has 2 unspecified atom stereocenters. The van der Waals surface area contributed by atoms with E-state index in [-0.39, 0.29) is 30.8 Å². The number of carboxylic acid groups (broad SMARTS) is 1. The highest BCUT2D eigenvalue weighted by Crippen LogP contribution is 2.16. The second-order valence-corrected chi connectivity index (χ2v) is 5.51. The molecule has 22 heavy (non-hydrogen) atoms. The Labute approximate surface area is 128 Å². The number of nitrogens with zero attached hydrogens (tertiary/aromatic N) is 1.